The Labute approximate surface area is 192 Å². The van der Waals surface area contributed by atoms with Gasteiger partial charge in [-0.1, -0.05) is 36.5 Å². The summed E-state index contributed by atoms with van der Waals surface area (Å²) in [6, 6.07) is 11.4. The van der Waals surface area contributed by atoms with Gasteiger partial charge in [0.25, 0.3) is 5.91 Å². The van der Waals surface area contributed by atoms with Crippen molar-refractivity contribution >= 4 is 40.2 Å². The number of rotatable bonds is 8. The van der Waals surface area contributed by atoms with Gasteiger partial charge in [0.05, 0.1) is 17.0 Å². The molecule has 3 heterocycles. The molecular formula is C22H20N4O4S2. The summed E-state index contributed by atoms with van der Waals surface area (Å²) >= 11 is 2.59. The number of hydrogen-bond acceptors (Lipinski definition) is 9. The summed E-state index contributed by atoms with van der Waals surface area (Å²) in [5.74, 6) is 0.247. The second-order valence-corrected chi connectivity index (χ2v) is 8.85. The van der Waals surface area contributed by atoms with Crippen molar-refractivity contribution in [3.8, 4) is 10.8 Å². The van der Waals surface area contributed by atoms with Crippen molar-refractivity contribution in [1.29, 1.82) is 0 Å². The lowest BCUT2D eigenvalue weighted by Gasteiger charge is -2.03. The van der Waals surface area contributed by atoms with E-state index in [1.54, 1.807) is 6.92 Å². The highest BCUT2D eigenvalue weighted by molar-refractivity contribution is 7.13. The van der Waals surface area contributed by atoms with Crippen LogP contribution in [0.1, 0.15) is 38.8 Å². The van der Waals surface area contributed by atoms with Gasteiger partial charge in [-0.2, -0.15) is 0 Å². The number of hydrogen-bond donors (Lipinski definition) is 1. The first kappa shape index (κ1) is 21.8. The first-order valence-electron chi connectivity index (χ1n) is 9.90. The molecule has 0 aliphatic rings. The average molecular weight is 469 g/mol. The lowest BCUT2D eigenvalue weighted by molar-refractivity contribution is -0.144. The number of carbonyl (C=O) groups excluding carboxylic acids is 2. The third kappa shape index (κ3) is 5.27. The van der Waals surface area contributed by atoms with E-state index in [0.29, 0.717) is 28.0 Å². The highest BCUT2D eigenvalue weighted by atomic mass is 32.1. The molecule has 0 atom stereocenters. The van der Waals surface area contributed by atoms with Crippen molar-refractivity contribution in [2.45, 2.75) is 33.3 Å². The molecule has 4 rings (SSSR count). The van der Waals surface area contributed by atoms with Crippen molar-refractivity contribution in [1.82, 2.24) is 15.2 Å². The number of nitrogens with one attached hydrogen (secondary N) is 1. The predicted molar refractivity (Wildman–Crippen MR) is 122 cm³/mol. The van der Waals surface area contributed by atoms with Gasteiger partial charge in [-0.3, -0.25) is 9.59 Å². The number of thiophene rings is 1. The highest BCUT2D eigenvalue weighted by Gasteiger charge is 2.18. The lowest BCUT2D eigenvalue weighted by atomic mass is 10.1. The van der Waals surface area contributed by atoms with E-state index in [-0.39, 0.29) is 23.9 Å². The second kappa shape index (κ2) is 9.84. The number of anilines is 1. The molecule has 1 aromatic carbocycles. The van der Waals surface area contributed by atoms with E-state index in [1.807, 2.05) is 41.8 Å². The molecule has 8 nitrogen and oxygen atoms in total. The van der Waals surface area contributed by atoms with Crippen molar-refractivity contribution in [3.05, 3.63) is 68.8 Å². The summed E-state index contributed by atoms with van der Waals surface area (Å²) in [5.41, 5.74) is 2.40. The minimum atomic E-state index is -0.462. The Morgan fingerprint density at radius 3 is 2.69 bits per heavy atom. The van der Waals surface area contributed by atoms with Crippen LogP contribution in [0, 0.1) is 6.92 Å². The topological polar surface area (TPSA) is 107 Å². The standard InChI is InChI=1S/C22H20N4O4S2/c1-3-14-6-8-15(9-7-14)23-20(28)22-26-25-18(32-22)12-29-19(27)11-16-13(2)30-21(24-16)17-5-4-10-31-17/h4-10H,3,11-12H2,1-2H3,(H,23,28). The maximum Gasteiger partial charge on any atom is 0.312 e. The molecule has 3 aromatic heterocycles. The fraction of sp³-hybridized carbons (Fsp3) is 0.227. The third-order valence-corrected chi connectivity index (χ3v) is 6.33. The van der Waals surface area contributed by atoms with E-state index < -0.39 is 5.97 Å². The number of oxazole rings is 1. The van der Waals surface area contributed by atoms with Gasteiger partial charge in [0.15, 0.2) is 5.01 Å². The molecule has 0 bridgehead atoms. The molecule has 0 spiro atoms. The van der Waals surface area contributed by atoms with Crippen LogP contribution in [0.4, 0.5) is 5.69 Å². The van der Waals surface area contributed by atoms with Gasteiger partial charge >= 0.3 is 5.97 Å². The molecule has 1 N–H and O–H groups in total. The van der Waals surface area contributed by atoms with Gasteiger partial charge in [-0.15, -0.1) is 21.5 Å². The van der Waals surface area contributed by atoms with E-state index >= 15 is 0 Å². The van der Waals surface area contributed by atoms with E-state index in [1.165, 1.54) is 16.9 Å². The Balaban J connectivity index is 1.30. The fourth-order valence-electron chi connectivity index (χ4n) is 2.84. The molecule has 0 aliphatic heterocycles. The molecule has 32 heavy (non-hydrogen) atoms. The van der Waals surface area contributed by atoms with Crippen LogP contribution < -0.4 is 5.32 Å². The van der Waals surface area contributed by atoms with Crippen molar-refractivity contribution in [3.63, 3.8) is 0 Å². The lowest BCUT2D eigenvalue weighted by Crippen LogP contribution is -2.11. The SMILES string of the molecule is CCc1ccc(NC(=O)c2nnc(COC(=O)Cc3nc(-c4cccs4)oc3C)s2)cc1. The molecule has 4 aromatic rings. The van der Waals surface area contributed by atoms with Gasteiger partial charge in [0.1, 0.15) is 12.4 Å². The number of aromatic nitrogens is 3. The van der Waals surface area contributed by atoms with Crippen LogP contribution in [0.5, 0.6) is 0 Å². The summed E-state index contributed by atoms with van der Waals surface area (Å²) in [6.45, 7) is 3.76. The van der Waals surface area contributed by atoms with Crippen LogP contribution in [0.15, 0.2) is 46.2 Å². The van der Waals surface area contributed by atoms with Gasteiger partial charge in [-0.25, -0.2) is 4.98 Å². The maximum absolute atomic E-state index is 12.4. The number of nitrogens with zero attached hydrogens (tertiary/aromatic N) is 3. The molecule has 0 saturated carbocycles. The highest BCUT2D eigenvalue weighted by Crippen LogP contribution is 2.26. The third-order valence-electron chi connectivity index (χ3n) is 4.57. The summed E-state index contributed by atoms with van der Waals surface area (Å²) in [4.78, 5) is 29.9. The summed E-state index contributed by atoms with van der Waals surface area (Å²) < 4.78 is 10.9. The Morgan fingerprint density at radius 2 is 1.97 bits per heavy atom. The number of ether oxygens (including phenoxy) is 1. The van der Waals surface area contributed by atoms with E-state index in [2.05, 4.69) is 27.4 Å². The van der Waals surface area contributed by atoms with Gasteiger partial charge in [0, 0.05) is 5.69 Å². The minimum Gasteiger partial charge on any atom is -0.458 e. The molecule has 0 saturated heterocycles. The molecule has 0 unspecified atom stereocenters. The quantitative estimate of drug-likeness (QED) is 0.375. The normalized spacial score (nSPS) is 10.8. The number of aryl methyl sites for hydroxylation is 2. The smallest absolute Gasteiger partial charge is 0.312 e. The first-order chi connectivity index (χ1) is 15.5. The van der Waals surface area contributed by atoms with Gasteiger partial charge in [-0.05, 0) is 42.5 Å². The van der Waals surface area contributed by atoms with Gasteiger partial charge < -0.3 is 14.5 Å². The first-order valence-corrected chi connectivity index (χ1v) is 11.6. The van der Waals surface area contributed by atoms with E-state index in [4.69, 9.17) is 9.15 Å². The number of benzene rings is 1. The Morgan fingerprint density at radius 1 is 1.16 bits per heavy atom. The summed E-state index contributed by atoms with van der Waals surface area (Å²) in [5, 5.41) is 13.2. The largest absolute Gasteiger partial charge is 0.458 e. The van der Waals surface area contributed by atoms with Crippen LogP contribution in [-0.2, 0) is 29.0 Å². The molecule has 0 fully saturated rings. The fourth-order valence-corrected chi connectivity index (χ4v) is 4.14. The molecule has 10 heteroatoms. The Hall–Kier alpha value is -3.37. The Kier molecular flexibility index (Phi) is 6.72. The zero-order chi connectivity index (χ0) is 22.5. The number of amides is 1. The van der Waals surface area contributed by atoms with Crippen LogP contribution in [0.25, 0.3) is 10.8 Å². The second-order valence-electron chi connectivity index (χ2n) is 6.84. The molecular weight excluding hydrogens is 448 g/mol. The van der Waals surface area contributed by atoms with Crippen LogP contribution in [0.2, 0.25) is 0 Å². The monoisotopic (exact) mass is 468 g/mol. The van der Waals surface area contributed by atoms with Crippen LogP contribution in [-0.4, -0.2) is 27.1 Å². The van der Waals surface area contributed by atoms with E-state index in [9.17, 15) is 9.59 Å². The predicted octanol–water partition coefficient (Wildman–Crippen LogP) is 4.66. The van der Waals surface area contributed by atoms with Crippen molar-refractivity contribution in [2.75, 3.05) is 5.32 Å². The summed E-state index contributed by atoms with van der Waals surface area (Å²) in [7, 11) is 0. The van der Waals surface area contributed by atoms with E-state index in [0.717, 1.165) is 22.6 Å². The minimum absolute atomic E-state index is 0.0133. The zero-order valence-corrected chi connectivity index (χ0v) is 19.1. The zero-order valence-electron chi connectivity index (χ0n) is 17.5. The van der Waals surface area contributed by atoms with Crippen LogP contribution in [0.3, 0.4) is 0 Å². The molecule has 1 amide bonds. The maximum atomic E-state index is 12.4. The molecule has 0 radical (unpaired) electrons. The average Bonchev–Trinajstić information content (AvgIpc) is 3.55. The van der Waals surface area contributed by atoms with Crippen molar-refractivity contribution < 1.29 is 18.7 Å². The molecule has 164 valence electrons. The number of carbonyl (C=O) groups is 2. The van der Waals surface area contributed by atoms with Gasteiger partial charge in [0.2, 0.25) is 10.9 Å². The van der Waals surface area contributed by atoms with Crippen LogP contribution >= 0.6 is 22.7 Å². The number of esters is 1. The Bertz CT molecular complexity index is 1210. The molecule has 0 aliphatic carbocycles. The summed E-state index contributed by atoms with van der Waals surface area (Å²) in [6.07, 6.45) is 0.916. The van der Waals surface area contributed by atoms with Crippen molar-refractivity contribution in [2.24, 2.45) is 0 Å².